The number of fused-ring (bicyclic) bond motifs is 1. The van der Waals surface area contributed by atoms with Crippen LogP contribution in [0.3, 0.4) is 0 Å². The van der Waals surface area contributed by atoms with Crippen LogP contribution in [0.25, 0.3) is 0 Å². The Kier molecular flexibility index (Phi) is 3.05. The third-order valence-electron chi connectivity index (χ3n) is 3.01. The number of hydrogen-bond acceptors (Lipinski definition) is 4. The number of carbonyl (C=O) groups excluding carboxylic acids is 2. The van der Waals surface area contributed by atoms with E-state index >= 15 is 0 Å². The maximum Gasteiger partial charge on any atom is 0.190 e. The van der Waals surface area contributed by atoms with Gasteiger partial charge in [-0.1, -0.05) is 26.0 Å². The molecule has 1 aromatic carbocycles. The Morgan fingerprint density at radius 2 is 2.00 bits per heavy atom. The Bertz CT molecular complexity index is 555. The number of benzene rings is 1. The summed E-state index contributed by atoms with van der Waals surface area (Å²) < 4.78 is 0. The molecule has 2 N–H and O–H groups in total. The molecular formula is C14H14O4. The van der Waals surface area contributed by atoms with Gasteiger partial charge in [-0.05, 0) is 17.7 Å². The molecule has 1 aromatic rings. The highest BCUT2D eigenvalue weighted by Crippen LogP contribution is 2.36. The van der Waals surface area contributed by atoms with Crippen LogP contribution >= 0.6 is 0 Å². The second-order valence-corrected chi connectivity index (χ2v) is 4.63. The number of aliphatic hydroxyl groups excluding tert-OH is 1. The van der Waals surface area contributed by atoms with Crippen molar-refractivity contribution < 1.29 is 19.8 Å². The highest BCUT2D eigenvalue weighted by molar-refractivity contribution is 6.15. The quantitative estimate of drug-likeness (QED) is 0.834. The molecule has 2 rings (SSSR count). The summed E-state index contributed by atoms with van der Waals surface area (Å²) in [6, 6.07) is 4.46. The second-order valence-electron chi connectivity index (χ2n) is 4.63. The van der Waals surface area contributed by atoms with E-state index < -0.39 is 11.9 Å². The molecule has 0 bridgehead atoms. The lowest BCUT2D eigenvalue weighted by Crippen LogP contribution is -2.23. The molecule has 1 aliphatic rings. The number of Topliss-reactive ketones (excluding diaryl/α,β-unsaturated/α-hetero) is 1. The van der Waals surface area contributed by atoms with Gasteiger partial charge in [0.2, 0.25) is 0 Å². The van der Waals surface area contributed by atoms with Gasteiger partial charge in [-0.25, -0.2) is 0 Å². The van der Waals surface area contributed by atoms with Crippen LogP contribution in [0.15, 0.2) is 29.8 Å². The lowest BCUT2D eigenvalue weighted by Gasteiger charge is -2.22. The van der Waals surface area contributed by atoms with Crippen LogP contribution < -0.4 is 0 Å². The number of carbonyl (C=O) groups is 2. The van der Waals surface area contributed by atoms with E-state index in [1.54, 1.807) is 13.8 Å². The lowest BCUT2D eigenvalue weighted by molar-refractivity contribution is -0.119. The average Bonchev–Trinajstić information content (AvgIpc) is 2.32. The zero-order chi connectivity index (χ0) is 13.4. The smallest absolute Gasteiger partial charge is 0.190 e. The van der Waals surface area contributed by atoms with Crippen molar-refractivity contribution in [3.8, 4) is 5.75 Å². The fourth-order valence-corrected chi connectivity index (χ4v) is 2.05. The second kappa shape index (κ2) is 4.38. The highest BCUT2D eigenvalue weighted by atomic mass is 16.3. The number of rotatable bonds is 2. The van der Waals surface area contributed by atoms with Crippen LogP contribution in [0.4, 0.5) is 0 Å². The Labute approximate surface area is 105 Å². The Hall–Kier alpha value is -1.94. The average molecular weight is 246 g/mol. The fourth-order valence-electron chi connectivity index (χ4n) is 2.05. The Morgan fingerprint density at radius 1 is 1.33 bits per heavy atom. The van der Waals surface area contributed by atoms with Gasteiger partial charge < -0.3 is 10.2 Å². The van der Waals surface area contributed by atoms with Crippen molar-refractivity contribution in [1.82, 2.24) is 0 Å². The third kappa shape index (κ3) is 1.84. The summed E-state index contributed by atoms with van der Waals surface area (Å²) in [5, 5.41) is 19.8. The molecule has 4 nitrogen and oxygen atoms in total. The van der Waals surface area contributed by atoms with Crippen LogP contribution in [0.1, 0.15) is 35.9 Å². The van der Waals surface area contributed by atoms with E-state index in [9.17, 15) is 19.8 Å². The number of phenolic OH excluding ortho intramolecular Hbond substituents is 1. The maximum absolute atomic E-state index is 11.9. The predicted octanol–water partition coefficient (Wildman–Crippen LogP) is 1.77. The van der Waals surface area contributed by atoms with Crippen LogP contribution in [0.2, 0.25) is 0 Å². The first-order valence-corrected chi connectivity index (χ1v) is 5.73. The molecule has 0 saturated heterocycles. The number of allylic oxidation sites excluding steroid dienone is 1. The van der Waals surface area contributed by atoms with Crippen molar-refractivity contribution in [2.45, 2.75) is 20.0 Å². The Balaban J connectivity index is 2.54. The molecule has 4 heteroatoms. The van der Waals surface area contributed by atoms with E-state index in [0.717, 1.165) is 6.08 Å². The van der Waals surface area contributed by atoms with Gasteiger partial charge in [-0.2, -0.15) is 0 Å². The van der Waals surface area contributed by atoms with Crippen LogP contribution in [-0.4, -0.2) is 21.8 Å². The molecule has 0 aliphatic heterocycles. The summed E-state index contributed by atoms with van der Waals surface area (Å²) in [4.78, 5) is 23.8. The monoisotopic (exact) mass is 246 g/mol. The van der Waals surface area contributed by atoms with Gasteiger partial charge in [0.1, 0.15) is 11.9 Å². The number of aliphatic hydroxyl groups is 1. The molecule has 18 heavy (non-hydrogen) atoms. The van der Waals surface area contributed by atoms with Crippen molar-refractivity contribution in [3.63, 3.8) is 0 Å². The zero-order valence-electron chi connectivity index (χ0n) is 10.2. The fraction of sp³-hybridized carbons (Fsp3) is 0.286. The van der Waals surface area contributed by atoms with E-state index in [1.165, 1.54) is 18.2 Å². The Morgan fingerprint density at radius 3 is 2.61 bits per heavy atom. The summed E-state index contributed by atoms with van der Waals surface area (Å²) in [6.45, 7) is 3.41. The standard InChI is InChI=1S/C14H14O4/c1-7(2)13(17)9-6-11(16)12-8(14(9)18)4-3-5-10(12)15/h3-7,14-15,18H,1-2H3. The van der Waals surface area contributed by atoms with Crippen molar-refractivity contribution in [1.29, 1.82) is 0 Å². The number of phenols is 1. The molecule has 0 aromatic heterocycles. The summed E-state index contributed by atoms with van der Waals surface area (Å²) in [6.07, 6.45) is -0.0330. The predicted molar refractivity (Wildman–Crippen MR) is 65.3 cm³/mol. The molecule has 0 heterocycles. The van der Waals surface area contributed by atoms with Gasteiger partial charge >= 0.3 is 0 Å². The van der Waals surface area contributed by atoms with E-state index in [-0.39, 0.29) is 34.2 Å². The first-order chi connectivity index (χ1) is 8.43. The number of aromatic hydroxyl groups is 1. The SMILES string of the molecule is CC(C)C(=O)C1=CC(=O)c2c(O)cccc2C1O. The highest BCUT2D eigenvalue weighted by Gasteiger charge is 2.32. The molecule has 0 radical (unpaired) electrons. The van der Waals surface area contributed by atoms with Gasteiger partial charge in [0, 0.05) is 11.5 Å². The maximum atomic E-state index is 11.9. The molecule has 0 fully saturated rings. The molecule has 1 aliphatic carbocycles. The van der Waals surface area contributed by atoms with E-state index in [2.05, 4.69) is 0 Å². The molecule has 0 saturated carbocycles. The van der Waals surface area contributed by atoms with Gasteiger partial charge in [0.25, 0.3) is 0 Å². The summed E-state index contributed by atoms with van der Waals surface area (Å²) in [7, 11) is 0. The first-order valence-electron chi connectivity index (χ1n) is 5.73. The topological polar surface area (TPSA) is 74.6 Å². The minimum atomic E-state index is -1.15. The molecule has 1 unspecified atom stereocenters. The first kappa shape index (κ1) is 12.5. The van der Waals surface area contributed by atoms with Crippen LogP contribution in [0.5, 0.6) is 5.75 Å². The third-order valence-corrected chi connectivity index (χ3v) is 3.01. The number of ketones is 2. The summed E-state index contributed by atoms with van der Waals surface area (Å²) in [5.41, 5.74) is 0.449. The minimum absolute atomic E-state index is 0.0744. The van der Waals surface area contributed by atoms with E-state index in [1.807, 2.05) is 0 Å². The molecule has 1 atom stereocenters. The van der Waals surface area contributed by atoms with Crippen molar-refractivity contribution in [2.24, 2.45) is 5.92 Å². The zero-order valence-corrected chi connectivity index (χ0v) is 10.2. The van der Waals surface area contributed by atoms with Gasteiger partial charge in [-0.3, -0.25) is 9.59 Å². The van der Waals surface area contributed by atoms with Gasteiger partial charge in [0.05, 0.1) is 5.56 Å². The van der Waals surface area contributed by atoms with Crippen molar-refractivity contribution in [2.75, 3.05) is 0 Å². The van der Waals surface area contributed by atoms with E-state index in [4.69, 9.17) is 0 Å². The summed E-state index contributed by atoms with van der Waals surface area (Å²) >= 11 is 0. The van der Waals surface area contributed by atoms with E-state index in [0.29, 0.717) is 0 Å². The number of hydrogen-bond donors (Lipinski definition) is 2. The molecule has 0 spiro atoms. The molecule has 94 valence electrons. The normalized spacial score (nSPS) is 18.6. The van der Waals surface area contributed by atoms with Crippen LogP contribution in [-0.2, 0) is 4.79 Å². The minimum Gasteiger partial charge on any atom is -0.507 e. The largest absolute Gasteiger partial charge is 0.507 e. The molecular weight excluding hydrogens is 232 g/mol. The van der Waals surface area contributed by atoms with Gasteiger partial charge in [-0.15, -0.1) is 0 Å². The van der Waals surface area contributed by atoms with Gasteiger partial charge in [0.15, 0.2) is 11.6 Å². The molecule has 0 amide bonds. The van der Waals surface area contributed by atoms with Crippen LogP contribution in [0, 0.1) is 5.92 Å². The lowest BCUT2D eigenvalue weighted by atomic mass is 9.83. The van der Waals surface area contributed by atoms with Crippen molar-refractivity contribution >= 4 is 11.6 Å². The van der Waals surface area contributed by atoms with Crippen molar-refractivity contribution in [3.05, 3.63) is 41.0 Å². The summed E-state index contributed by atoms with van der Waals surface area (Å²) in [5.74, 6) is -1.18.